The fourth-order valence-electron chi connectivity index (χ4n) is 1.93. The van der Waals surface area contributed by atoms with Crippen LogP contribution in [0.1, 0.15) is 18.1 Å². The lowest BCUT2D eigenvalue weighted by Crippen LogP contribution is -2.24. The van der Waals surface area contributed by atoms with Gasteiger partial charge in [0.1, 0.15) is 5.75 Å². The molecule has 0 saturated carbocycles. The molecule has 2 aromatic carbocycles. The van der Waals surface area contributed by atoms with Gasteiger partial charge in [-0.3, -0.25) is 4.79 Å². The third kappa shape index (κ3) is 5.93. The van der Waals surface area contributed by atoms with E-state index < -0.39 is 0 Å². The Labute approximate surface area is 160 Å². The average molecular weight is 454 g/mol. The smallest absolute Gasteiger partial charge is 0.277 e. The van der Waals surface area contributed by atoms with Crippen molar-refractivity contribution < 1.29 is 19.4 Å². The van der Waals surface area contributed by atoms with E-state index in [2.05, 4.69) is 10.5 Å². The van der Waals surface area contributed by atoms with E-state index in [0.717, 1.165) is 5.56 Å². The number of aromatic hydroxyl groups is 1. The average Bonchev–Trinajstić information content (AvgIpc) is 2.59. The summed E-state index contributed by atoms with van der Waals surface area (Å²) in [5.41, 5.74) is 4.22. The Bertz CT molecular complexity index is 760. The van der Waals surface area contributed by atoms with Gasteiger partial charge in [-0.25, -0.2) is 5.43 Å². The van der Waals surface area contributed by atoms with E-state index >= 15 is 0 Å². The van der Waals surface area contributed by atoms with Crippen molar-refractivity contribution in [2.24, 2.45) is 5.10 Å². The zero-order valence-electron chi connectivity index (χ0n) is 14.0. The highest BCUT2D eigenvalue weighted by Crippen LogP contribution is 2.32. The maximum atomic E-state index is 11.7. The highest BCUT2D eigenvalue weighted by atomic mass is 127. The number of aryl methyl sites for hydroxylation is 1. The molecule has 0 saturated heterocycles. The van der Waals surface area contributed by atoms with E-state index in [9.17, 15) is 9.90 Å². The summed E-state index contributed by atoms with van der Waals surface area (Å²) in [7, 11) is 0. The first kappa shape index (κ1) is 19.0. The standard InChI is InChI=1S/C18H19IN2O4/c1-3-24-16-9-13(8-15(19)18(16)23)10-20-21-17(22)11-25-14-6-4-12(2)5-7-14/h4-10,23H,3,11H2,1-2H3,(H,21,22)/b20-10+. The number of amides is 1. The van der Waals surface area contributed by atoms with Gasteiger partial charge in [-0.2, -0.15) is 5.10 Å². The second-order valence-electron chi connectivity index (χ2n) is 5.18. The van der Waals surface area contributed by atoms with Crippen molar-refractivity contribution >= 4 is 34.7 Å². The number of ether oxygens (including phenoxy) is 2. The topological polar surface area (TPSA) is 80.2 Å². The predicted molar refractivity (Wildman–Crippen MR) is 104 cm³/mol. The first-order valence-corrected chi connectivity index (χ1v) is 8.74. The lowest BCUT2D eigenvalue weighted by Gasteiger charge is -2.08. The van der Waals surface area contributed by atoms with Crippen LogP contribution in [0, 0.1) is 10.5 Å². The Hall–Kier alpha value is -2.29. The van der Waals surface area contributed by atoms with E-state index in [1.54, 1.807) is 24.3 Å². The second kappa shape index (κ2) is 9.26. The summed E-state index contributed by atoms with van der Waals surface area (Å²) in [5, 5.41) is 13.8. The lowest BCUT2D eigenvalue weighted by atomic mass is 10.2. The Kier molecular flexibility index (Phi) is 7.05. The molecule has 0 atom stereocenters. The van der Waals surface area contributed by atoms with E-state index in [0.29, 0.717) is 27.2 Å². The molecule has 132 valence electrons. The maximum absolute atomic E-state index is 11.7. The van der Waals surface area contributed by atoms with Crippen LogP contribution in [0.25, 0.3) is 0 Å². The number of phenolic OH excluding ortho intramolecular Hbond substituents is 1. The van der Waals surface area contributed by atoms with Gasteiger partial charge in [0, 0.05) is 0 Å². The normalized spacial score (nSPS) is 10.7. The van der Waals surface area contributed by atoms with E-state index in [1.807, 2.05) is 48.6 Å². The predicted octanol–water partition coefficient (Wildman–Crippen LogP) is 3.23. The molecule has 2 rings (SSSR count). The minimum absolute atomic E-state index is 0.0927. The van der Waals surface area contributed by atoms with Crippen LogP contribution in [0.5, 0.6) is 17.2 Å². The number of halogens is 1. The van der Waals surface area contributed by atoms with Crippen molar-refractivity contribution in [2.75, 3.05) is 13.2 Å². The zero-order valence-corrected chi connectivity index (χ0v) is 16.1. The lowest BCUT2D eigenvalue weighted by molar-refractivity contribution is -0.123. The number of hydrazone groups is 1. The van der Waals surface area contributed by atoms with Crippen molar-refractivity contribution in [2.45, 2.75) is 13.8 Å². The van der Waals surface area contributed by atoms with Crippen LogP contribution in [0.4, 0.5) is 0 Å². The van der Waals surface area contributed by atoms with Gasteiger partial charge in [-0.1, -0.05) is 17.7 Å². The molecular weight excluding hydrogens is 435 g/mol. The molecule has 0 aliphatic rings. The van der Waals surface area contributed by atoms with Crippen LogP contribution < -0.4 is 14.9 Å². The molecule has 2 N–H and O–H groups in total. The van der Waals surface area contributed by atoms with Crippen LogP contribution in [0.3, 0.4) is 0 Å². The van der Waals surface area contributed by atoms with Crippen LogP contribution in [-0.2, 0) is 4.79 Å². The third-order valence-corrected chi connectivity index (χ3v) is 3.97. The zero-order chi connectivity index (χ0) is 18.2. The van der Waals surface area contributed by atoms with Crippen molar-refractivity contribution in [3.63, 3.8) is 0 Å². The number of phenols is 1. The number of nitrogens with one attached hydrogen (secondary N) is 1. The van der Waals surface area contributed by atoms with Gasteiger partial charge in [0.15, 0.2) is 18.1 Å². The Balaban J connectivity index is 1.89. The number of hydrogen-bond acceptors (Lipinski definition) is 5. The number of benzene rings is 2. The molecule has 7 heteroatoms. The van der Waals surface area contributed by atoms with Gasteiger partial charge < -0.3 is 14.6 Å². The first-order chi connectivity index (χ1) is 12.0. The van der Waals surface area contributed by atoms with E-state index in [1.165, 1.54) is 6.21 Å². The first-order valence-electron chi connectivity index (χ1n) is 7.66. The van der Waals surface area contributed by atoms with Crippen LogP contribution in [0.15, 0.2) is 41.5 Å². The highest BCUT2D eigenvalue weighted by Gasteiger charge is 2.08. The fourth-order valence-corrected chi connectivity index (χ4v) is 2.55. The quantitative estimate of drug-likeness (QED) is 0.383. The summed E-state index contributed by atoms with van der Waals surface area (Å²) in [4.78, 5) is 11.7. The Morgan fingerprint density at radius 1 is 1.28 bits per heavy atom. The Morgan fingerprint density at radius 3 is 2.68 bits per heavy atom. The van der Waals surface area contributed by atoms with Gasteiger partial charge in [-0.15, -0.1) is 0 Å². The van der Waals surface area contributed by atoms with Gasteiger partial charge in [-0.05, 0) is 66.3 Å². The van der Waals surface area contributed by atoms with Crippen molar-refractivity contribution in [3.8, 4) is 17.2 Å². The summed E-state index contributed by atoms with van der Waals surface area (Å²) < 4.78 is 11.4. The molecule has 0 aliphatic heterocycles. The monoisotopic (exact) mass is 454 g/mol. The largest absolute Gasteiger partial charge is 0.504 e. The molecule has 0 aromatic heterocycles. The summed E-state index contributed by atoms with van der Waals surface area (Å²) in [6.45, 7) is 4.13. The maximum Gasteiger partial charge on any atom is 0.277 e. The summed E-state index contributed by atoms with van der Waals surface area (Å²) in [5.74, 6) is 0.731. The van der Waals surface area contributed by atoms with Crippen LogP contribution in [0.2, 0.25) is 0 Å². The number of carbonyl (C=O) groups excluding carboxylic acids is 1. The minimum Gasteiger partial charge on any atom is -0.504 e. The fraction of sp³-hybridized carbons (Fsp3) is 0.222. The molecule has 0 unspecified atom stereocenters. The number of hydrogen-bond donors (Lipinski definition) is 2. The summed E-state index contributed by atoms with van der Waals surface area (Å²) >= 11 is 2.00. The SMILES string of the molecule is CCOc1cc(/C=N/NC(=O)COc2ccc(C)cc2)cc(I)c1O. The molecule has 0 fully saturated rings. The minimum atomic E-state index is -0.365. The molecule has 0 radical (unpaired) electrons. The molecule has 2 aromatic rings. The summed E-state index contributed by atoms with van der Waals surface area (Å²) in [6, 6.07) is 10.8. The molecule has 0 bridgehead atoms. The number of carbonyl (C=O) groups is 1. The Morgan fingerprint density at radius 2 is 2.00 bits per heavy atom. The molecule has 6 nitrogen and oxygen atoms in total. The van der Waals surface area contributed by atoms with Crippen LogP contribution >= 0.6 is 22.6 Å². The van der Waals surface area contributed by atoms with E-state index in [-0.39, 0.29) is 18.3 Å². The summed E-state index contributed by atoms with van der Waals surface area (Å²) in [6.07, 6.45) is 1.48. The highest BCUT2D eigenvalue weighted by molar-refractivity contribution is 14.1. The van der Waals surface area contributed by atoms with Crippen molar-refractivity contribution in [1.82, 2.24) is 5.43 Å². The number of rotatable bonds is 7. The van der Waals surface area contributed by atoms with Crippen molar-refractivity contribution in [3.05, 3.63) is 51.1 Å². The van der Waals surface area contributed by atoms with Gasteiger partial charge in [0.2, 0.25) is 0 Å². The van der Waals surface area contributed by atoms with Gasteiger partial charge in [0.05, 0.1) is 16.4 Å². The molecule has 25 heavy (non-hydrogen) atoms. The van der Waals surface area contributed by atoms with Crippen LogP contribution in [-0.4, -0.2) is 30.4 Å². The van der Waals surface area contributed by atoms with Crippen molar-refractivity contribution in [1.29, 1.82) is 0 Å². The molecule has 1 amide bonds. The second-order valence-corrected chi connectivity index (χ2v) is 6.34. The van der Waals surface area contributed by atoms with E-state index in [4.69, 9.17) is 9.47 Å². The third-order valence-electron chi connectivity index (χ3n) is 3.14. The molecule has 0 spiro atoms. The molecular formula is C18H19IN2O4. The molecule has 0 aliphatic carbocycles. The van der Waals surface area contributed by atoms with Gasteiger partial charge >= 0.3 is 0 Å². The molecule has 0 heterocycles. The number of nitrogens with zero attached hydrogens (tertiary/aromatic N) is 1. The van der Waals surface area contributed by atoms with Gasteiger partial charge in [0.25, 0.3) is 5.91 Å².